The van der Waals surface area contributed by atoms with Crippen molar-refractivity contribution in [1.82, 2.24) is 19.1 Å². The van der Waals surface area contributed by atoms with Gasteiger partial charge in [-0.3, -0.25) is 0 Å². The van der Waals surface area contributed by atoms with Crippen molar-refractivity contribution in [2.75, 3.05) is 13.2 Å². The van der Waals surface area contributed by atoms with Gasteiger partial charge in [0.25, 0.3) is 0 Å². The van der Waals surface area contributed by atoms with Crippen molar-refractivity contribution >= 4 is 23.7 Å². The van der Waals surface area contributed by atoms with Gasteiger partial charge in [-0.25, -0.2) is 19.6 Å². The molecule has 4 rings (SSSR count). The number of benzene rings is 2. The molecule has 8 nitrogen and oxygen atoms in total. The molecular formula is C28H30N4O4S. The summed E-state index contributed by atoms with van der Waals surface area (Å²) in [5.74, 6) is -0.893. The van der Waals surface area contributed by atoms with Crippen molar-refractivity contribution in [2.45, 2.75) is 50.1 Å². The number of imidazole rings is 2. The number of ether oxygens (including phenoxy) is 2. The Bertz CT molecular complexity index is 1250. The lowest BCUT2D eigenvalue weighted by molar-refractivity contribution is 0.0502. The summed E-state index contributed by atoms with van der Waals surface area (Å²) in [7, 11) is 0. The minimum Gasteiger partial charge on any atom is -0.461 e. The van der Waals surface area contributed by atoms with Gasteiger partial charge in [-0.15, -0.1) is 0 Å². The standard InChI is InChI=1S/C28H30N4O4S/c1-5-35-25(33)23-17-29-27(31(23)19(3)21-13-9-7-10-14-21)37-28-30-18-24(26(34)36-6-2)32(28)20(4)22-15-11-8-12-16-22/h7-20H,5-6H2,1-4H3/t19-,20-/m1/s1. The second-order valence-electron chi connectivity index (χ2n) is 8.31. The highest BCUT2D eigenvalue weighted by molar-refractivity contribution is 7.99. The van der Waals surface area contributed by atoms with Crippen molar-refractivity contribution in [3.05, 3.63) is 95.6 Å². The zero-order valence-electron chi connectivity index (χ0n) is 21.3. The average molecular weight is 519 g/mol. The molecule has 0 aliphatic heterocycles. The Hall–Kier alpha value is -3.85. The molecule has 0 amide bonds. The van der Waals surface area contributed by atoms with Gasteiger partial charge >= 0.3 is 11.9 Å². The molecule has 4 aromatic rings. The molecule has 0 bridgehead atoms. The maximum absolute atomic E-state index is 12.8. The zero-order chi connectivity index (χ0) is 26.4. The third-order valence-corrected chi connectivity index (χ3v) is 6.99. The highest BCUT2D eigenvalue weighted by atomic mass is 32.2. The maximum Gasteiger partial charge on any atom is 0.356 e. The number of carbonyl (C=O) groups is 2. The van der Waals surface area contributed by atoms with E-state index in [4.69, 9.17) is 9.47 Å². The molecule has 0 aliphatic rings. The number of hydrogen-bond acceptors (Lipinski definition) is 7. The number of hydrogen-bond donors (Lipinski definition) is 0. The van der Waals surface area contributed by atoms with Crippen molar-refractivity contribution in [3.8, 4) is 0 Å². The van der Waals surface area contributed by atoms with Crippen LogP contribution in [-0.4, -0.2) is 44.3 Å². The fraction of sp³-hybridized carbons (Fsp3) is 0.286. The first-order valence-corrected chi connectivity index (χ1v) is 13.0. The number of aromatic nitrogens is 4. The van der Waals surface area contributed by atoms with E-state index in [-0.39, 0.29) is 25.3 Å². The molecule has 2 atom stereocenters. The molecule has 192 valence electrons. The second kappa shape index (κ2) is 11.9. The van der Waals surface area contributed by atoms with Crippen LogP contribution >= 0.6 is 11.8 Å². The molecule has 0 N–H and O–H groups in total. The average Bonchev–Trinajstić information content (AvgIpc) is 3.54. The molecule has 0 unspecified atom stereocenters. The topological polar surface area (TPSA) is 88.2 Å². The lowest BCUT2D eigenvalue weighted by Gasteiger charge is -2.21. The third-order valence-electron chi connectivity index (χ3n) is 6.02. The van der Waals surface area contributed by atoms with E-state index >= 15 is 0 Å². The molecule has 9 heteroatoms. The molecule has 0 spiro atoms. The van der Waals surface area contributed by atoms with E-state index in [0.29, 0.717) is 21.7 Å². The van der Waals surface area contributed by atoms with Crippen LogP contribution in [0.3, 0.4) is 0 Å². The Morgan fingerprint density at radius 3 is 1.46 bits per heavy atom. The van der Waals surface area contributed by atoms with E-state index in [1.807, 2.05) is 83.6 Å². The summed E-state index contributed by atoms with van der Waals surface area (Å²) < 4.78 is 14.3. The van der Waals surface area contributed by atoms with Crippen LogP contribution in [0.2, 0.25) is 0 Å². The van der Waals surface area contributed by atoms with E-state index < -0.39 is 11.9 Å². The van der Waals surface area contributed by atoms with Gasteiger partial charge in [0.2, 0.25) is 0 Å². The Kier molecular flexibility index (Phi) is 8.45. The molecule has 2 aromatic carbocycles. The first kappa shape index (κ1) is 26.2. The number of rotatable bonds is 10. The van der Waals surface area contributed by atoms with Gasteiger partial charge in [0, 0.05) is 0 Å². The molecule has 0 saturated heterocycles. The van der Waals surface area contributed by atoms with Crippen LogP contribution in [0, 0.1) is 0 Å². The van der Waals surface area contributed by atoms with Gasteiger partial charge in [-0.1, -0.05) is 60.7 Å². The Labute approximate surface area is 220 Å². The van der Waals surface area contributed by atoms with Gasteiger partial charge in [0.1, 0.15) is 11.4 Å². The molecule has 0 radical (unpaired) electrons. The molecule has 2 aromatic heterocycles. The summed E-state index contributed by atoms with van der Waals surface area (Å²) >= 11 is 1.29. The zero-order valence-corrected chi connectivity index (χ0v) is 22.1. The summed E-state index contributed by atoms with van der Waals surface area (Å²) in [6.07, 6.45) is 3.06. The Morgan fingerprint density at radius 1 is 0.730 bits per heavy atom. The predicted octanol–water partition coefficient (Wildman–Crippen LogP) is 5.80. The van der Waals surface area contributed by atoms with Gasteiger partial charge in [0.05, 0.1) is 37.7 Å². The van der Waals surface area contributed by atoms with Gasteiger partial charge in [-0.05, 0) is 50.6 Å². The van der Waals surface area contributed by atoms with Gasteiger partial charge in [-0.2, -0.15) is 0 Å². The second-order valence-corrected chi connectivity index (χ2v) is 9.24. The summed E-state index contributed by atoms with van der Waals surface area (Å²) in [6.45, 7) is 8.07. The SMILES string of the molecule is CCOC(=O)c1cnc(Sc2ncc(C(=O)OCC)n2[C@H](C)c2ccccc2)n1[C@H](C)c1ccccc1. The normalized spacial score (nSPS) is 12.6. The minimum atomic E-state index is -0.446. The van der Waals surface area contributed by atoms with E-state index in [9.17, 15) is 9.59 Å². The fourth-order valence-electron chi connectivity index (χ4n) is 4.14. The van der Waals surface area contributed by atoms with E-state index in [2.05, 4.69) is 9.97 Å². The number of nitrogens with zero attached hydrogens (tertiary/aromatic N) is 4. The molecule has 0 fully saturated rings. The summed E-state index contributed by atoms with van der Waals surface area (Å²) in [5, 5.41) is 1.11. The van der Waals surface area contributed by atoms with E-state index in [0.717, 1.165) is 11.1 Å². The third kappa shape index (κ3) is 5.61. The van der Waals surface area contributed by atoms with Gasteiger partial charge < -0.3 is 18.6 Å². The van der Waals surface area contributed by atoms with Crippen LogP contribution < -0.4 is 0 Å². The van der Waals surface area contributed by atoms with E-state index in [1.54, 1.807) is 13.8 Å². The Balaban J connectivity index is 1.80. The van der Waals surface area contributed by atoms with Crippen LogP contribution in [0.5, 0.6) is 0 Å². The smallest absolute Gasteiger partial charge is 0.356 e. The lowest BCUT2D eigenvalue weighted by Crippen LogP contribution is -2.18. The fourth-order valence-corrected chi connectivity index (χ4v) is 5.23. The summed E-state index contributed by atoms with van der Waals surface area (Å²) in [5.41, 5.74) is 2.73. The van der Waals surface area contributed by atoms with Crippen molar-refractivity contribution in [2.24, 2.45) is 0 Å². The monoisotopic (exact) mass is 518 g/mol. The van der Waals surface area contributed by atoms with E-state index in [1.165, 1.54) is 24.2 Å². The molecule has 37 heavy (non-hydrogen) atoms. The highest BCUT2D eigenvalue weighted by Gasteiger charge is 2.27. The van der Waals surface area contributed by atoms with Crippen molar-refractivity contribution in [3.63, 3.8) is 0 Å². The summed E-state index contributed by atoms with van der Waals surface area (Å²) in [4.78, 5) is 34.8. The molecular weight excluding hydrogens is 488 g/mol. The molecule has 0 saturated carbocycles. The maximum atomic E-state index is 12.8. The van der Waals surface area contributed by atoms with Crippen LogP contribution in [0.4, 0.5) is 0 Å². The van der Waals surface area contributed by atoms with Crippen LogP contribution in [0.25, 0.3) is 0 Å². The number of esters is 2. The first-order chi connectivity index (χ1) is 18.0. The first-order valence-electron chi connectivity index (χ1n) is 12.2. The van der Waals surface area contributed by atoms with Crippen molar-refractivity contribution < 1.29 is 19.1 Å². The lowest BCUT2D eigenvalue weighted by atomic mass is 10.1. The largest absolute Gasteiger partial charge is 0.461 e. The van der Waals surface area contributed by atoms with Gasteiger partial charge in [0.15, 0.2) is 10.3 Å². The quantitative estimate of drug-likeness (QED) is 0.245. The van der Waals surface area contributed by atoms with Crippen LogP contribution in [0.15, 0.2) is 83.4 Å². The summed E-state index contributed by atoms with van der Waals surface area (Å²) in [6, 6.07) is 19.3. The van der Waals surface area contributed by atoms with Crippen LogP contribution in [0.1, 0.15) is 71.9 Å². The van der Waals surface area contributed by atoms with Crippen molar-refractivity contribution in [1.29, 1.82) is 0 Å². The minimum absolute atomic E-state index is 0.204. The molecule has 0 aliphatic carbocycles. The number of carbonyl (C=O) groups excluding carboxylic acids is 2. The van der Waals surface area contributed by atoms with Crippen LogP contribution in [-0.2, 0) is 9.47 Å². The molecule has 2 heterocycles. The predicted molar refractivity (Wildman–Crippen MR) is 141 cm³/mol. The Morgan fingerprint density at radius 2 is 1.11 bits per heavy atom. The highest BCUT2D eigenvalue weighted by Crippen LogP contribution is 2.35.